The fraction of sp³-hybridized carbons (Fsp3) is 0.417. The highest BCUT2D eigenvalue weighted by Crippen LogP contribution is 2.39. The Morgan fingerprint density at radius 2 is 1.72 bits per heavy atom. The van der Waals surface area contributed by atoms with Crippen molar-refractivity contribution in [2.24, 2.45) is 5.92 Å². The first kappa shape index (κ1) is 25.8. The van der Waals surface area contributed by atoms with Gasteiger partial charge in [0.05, 0.1) is 27.3 Å². The standard InChI is InChI=1S/C24H26F3N5O3S/c1-23(2,36(34,35)21-5-3-4-19(15-21)24(25,26)27)18-10-12-31(13-11-18)22(33)14-17-6-8-20(9-7-17)32-16-28-29-30-32/h3-9,15-16,18H,10-14H2,1-2H3. The number of tetrazole rings is 1. The van der Waals surface area contributed by atoms with Crippen LogP contribution in [0.25, 0.3) is 5.69 Å². The van der Waals surface area contributed by atoms with Crippen molar-refractivity contribution in [1.29, 1.82) is 0 Å². The maximum atomic E-state index is 13.3. The van der Waals surface area contributed by atoms with E-state index in [1.54, 1.807) is 18.7 Å². The minimum absolute atomic E-state index is 0.0674. The lowest BCUT2D eigenvalue weighted by Gasteiger charge is -2.40. The van der Waals surface area contributed by atoms with Crippen LogP contribution in [0.1, 0.15) is 37.8 Å². The molecule has 0 spiro atoms. The molecule has 0 unspecified atom stereocenters. The Kier molecular flexibility index (Phi) is 6.91. The highest BCUT2D eigenvalue weighted by molar-refractivity contribution is 7.92. The van der Waals surface area contributed by atoms with Crippen LogP contribution in [0.2, 0.25) is 0 Å². The molecule has 0 atom stereocenters. The van der Waals surface area contributed by atoms with E-state index in [-0.39, 0.29) is 23.1 Å². The third-order valence-electron chi connectivity index (χ3n) is 6.90. The average molecular weight is 522 g/mol. The van der Waals surface area contributed by atoms with Gasteiger partial charge in [-0.2, -0.15) is 13.2 Å². The van der Waals surface area contributed by atoms with Crippen LogP contribution in [0.3, 0.4) is 0 Å². The Labute approximate surface area is 207 Å². The van der Waals surface area contributed by atoms with Gasteiger partial charge in [0.1, 0.15) is 6.33 Å². The van der Waals surface area contributed by atoms with E-state index in [0.29, 0.717) is 32.0 Å². The molecule has 2 heterocycles. The normalized spacial score (nSPS) is 15.8. The van der Waals surface area contributed by atoms with E-state index in [2.05, 4.69) is 15.5 Å². The van der Waals surface area contributed by atoms with Gasteiger partial charge in [0.15, 0.2) is 9.84 Å². The van der Waals surface area contributed by atoms with Gasteiger partial charge in [-0.1, -0.05) is 18.2 Å². The highest BCUT2D eigenvalue weighted by atomic mass is 32.2. The third kappa shape index (κ3) is 5.13. The molecule has 0 N–H and O–H groups in total. The lowest BCUT2D eigenvalue weighted by molar-refractivity contribution is -0.137. The van der Waals surface area contributed by atoms with Gasteiger partial charge in [-0.15, -0.1) is 5.10 Å². The summed E-state index contributed by atoms with van der Waals surface area (Å²) in [5, 5.41) is 11.0. The summed E-state index contributed by atoms with van der Waals surface area (Å²) >= 11 is 0. The molecule has 36 heavy (non-hydrogen) atoms. The molecule has 0 aliphatic carbocycles. The zero-order valence-corrected chi connectivity index (χ0v) is 20.6. The van der Waals surface area contributed by atoms with Crippen molar-refractivity contribution in [2.75, 3.05) is 13.1 Å². The average Bonchev–Trinajstić information content (AvgIpc) is 3.39. The summed E-state index contributed by atoms with van der Waals surface area (Å²) in [4.78, 5) is 14.2. The molecule has 1 saturated heterocycles. The monoisotopic (exact) mass is 521 g/mol. The Morgan fingerprint density at radius 3 is 2.31 bits per heavy atom. The summed E-state index contributed by atoms with van der Waals surface area (Å²) in [7, 11) is -4.05. The number of piperidine rings is 1. The van der Waals surface area contributed by atoms with Crippen molar-refractivity contribution in [1.82, 2.24) is 25.1 Å². The molecule has 1 aliphatic rings. The second-order valence-corrected chi connectivity index (χ2v) is 11.9. The zero-order valence-electron chi connectivity index (χ0n) is 19.8. The Morgan fingerprint density at radius 1 is 1.06 bits per heavy atom. The topological polar surface area (TPSA) is 98.1 Å². The van der Waals surface area contributed by atoms with E-state index < -0.39 is 26.3 Å². The second kappa shape index (κ2) is 9.64. The first-order valence-electron chi connectivity index (χ1n) is 11.4. The number of hydrogen-bond donors (Lipinski definition) is 0. The molecule has 4 rings (SSSR count). The van der Waals surface area contributed by atoms with Crippen LogP contribution < -0.4 is 0 Å². The highest BCUT2D eigenvalue weighted by Gasteiger charge is 2.44. The van der Waals surface area contributed by atoms with Crippen LogP contribution in [0.4, 0.5) is 13.2 Å². The molecule has 0 radical (unpaired) electrons. The molecule has 1 fully saturated rings. The lowest BCUT2D eigenvalue weighted by Crippen LogP contribution is -2.48. The number of benzene rings is 2. The number of nitrogens with zero attached hydrogens (tertiary/aromatic N) is 5. The Balaban J connectivity index is 1.39. The molecular weight excluding hydrogens is 495 g/mol. The van der Waals surface area contributed by atoms with Crippen molar-refractivity contribution >= 4 is 15.7 Å². The molecule has 0 saturated carbocycles. The molecule has 1 aliphatic heterocycles. The van der Waals surface area contributed by atoms with Crippen LogP contribution in [0, 0.1) is 5.92 Å². The largest absolute Gasteiger partial charge is 0.416 e. The SMILES string of the molecule is CC(C)(C1CCN(C(=O)Cc2ccc(-n3cnnn3)cc2)CC1)S(=O)(=O)c1cccc(C(F)(F)F)c1. The van der Waals surface area contributed by atoms with Gasteiger partial charge in [0.2, 0.25) is 5.91 Å². The summed E-state index contributed by atoms with van der Waals surface area (Å²) in [5.41, 5.74) is 0.596. The fourth-order valence-electron chi connectivity index (χ4n) is 4.52. The summed E-state index contributed by atoms with van der Waals surface area (Å²) in [6, 6.07) is 11.1. The summed E-state index contributed by atoms with van der Waals surface area (Å²) in [5.74, 6) is -0.376. The number of carbonyl (C=O) groups is 1. The van der Waals surface area contributed by atoms with Crippen molar-refractivity contribution in [3.8, 4) is 5.69 Å². The Hall–Kier alpha value is -3.28. The summed E-state index contributed by atoms with van der Waals surface area (Å²) < 4.78 is 66.3. The smallest absolute Gasteiger partial charge is 0.342 e. The third-order valence-corrected chi connectivity index (χ3v) is 9.49. The van der Waals surface area contributed by atoms with Gasteiger partial charge in [0.25, 0.3) is 0 Å². The molecule has 8 nitrogen and oxygen atoms in total. The minimum Gasteiger partial charge on any atom is -0.342 e. The molecule has 0 bridgehead atoms. The van der Waals surface area contributed by atoms with Gasteiger partial charge in [0, 0.05) is 13.1 Å². The van der Waals surface area contributed by atoms with Crippen LogP contribution in [0.15, 0.2) is 59.8 Å². The number of likely N-dealkylation sites (tertiary alicyclic amines) is 1. The van der Waals surface area contributed by atoms with E-state index >= 15 is 0 Å². The van der Waals surface area contributed by atoms with Crippen molar-refractivity contribution < 1.29 is 26.4 Å². The number of alkyl halides is 3. The molecule has 2 aromatic carbocycles. The van der Waals surface area contributed by atoms with Crippen molar-refractivity contribution in [3.05, 3.63) is 66.0 Å². The molecule has 3 aromatic rings. The quantitative estimate of drug-likeness (QED) is 0.491. The van der Waals surface area contributed by atoms with Crippen LogP contribution >= 0.6 is 0 Å². The number of carbonyl (C=O) groups excluding carboxylic acids is 1. The van der Waals surface area contributed by atoms with E-state index in [0.717, 1.165) is 23.4 Å². The zero-order chi connectivity index (χ0) is 26.1. The summed E-state index contributed by atoms with van der Waals surface area (Å²) in [6.45, 7) is 3.87. The van der Waals surface area contributed by atoms with E-state index in [1.165, 1.54) is 17.1 Å². The van der Waals surface area contributed by atoms with Gasteiger partial charge in [-0.25, -0.2) is 13.1 Å². The number of halogens is 3. The van der Waals surface area contributed by atoms with E-state index in [1.807, 2.05) is 24.3 Å². The lowest BCUT2D eigenvalue weighted by atomic mass is 9.85. The molecule has 12 heteroatoms. The molecule has 1 aromatic heterocycles. The summed E-state index contributed by atoms with van der Waals surface area (Å²) in [6.07, 6.45) is -2.08. The minimum atomic E-state index is -4.63. The van der Waals surface area contributed by atoms with Crippen LogP contribution in [-0.4, -0.2) is 57.3 Å². The fourth-order valence-corrected chi connectivity index (χ4v) is 6.34. The second-order valence-electron chi connectivity index (χ2n) is 9.39. The maximum absolute atomic E-state index is 13.3. The number of hydrogen-bond acceptors (Lipinski definition) is 6. The van der Waals surface area contributed by atoms with E-state index in [4.69, 9.17) is 0 Å². The number of rotatable bonds is 6. The first-order valence-corrected chi connectivity index (χ1v) is 12.9. The van der Waals surface area contributed by atoms with Gasteiger partial charge in [-0.05, 0) is 78.9 Å². The first-order chi connectivity index (χ1) is 16.9. The van der Waals surface area contributed by atoms with Crippen LogP contribution in [0.5, 0.6) is 0 Å². The van der Waals surface area contributed by atoms with Gasteiger partial charge in [-0.3, -0.25) is 4.79 Å². The molecular formula is C24H26F3N5O3S. The number of sulfone groups is 1. The maximum Gasteiger partial charge on any atom is 0.416 e. The predicted molar refractivity (Wildman–Crippen MR) is 125 cm³/mol. The van der Waals surface area contributed by atoms with Crippen LogP contribution in [-0.2, 0) is 27.2 Å². The van der Waals surface area contributed by atoms with Crippen molar-refractivity contribution in [2.45, 2.75) is 48.9 Å². The van der Waals surface area contributed by atoms with E-state index in [9.17, 15) is 26.4 Å². The predicted octanol–water partition coefficient (Wildman–Crippen LogP) is 3.71. The van der Waals surface area contributed by atoms with Crippen molar-refractivity contribution in [3.63, 3.8) is 0 Å². The van der Waals surface area contributed by atoms with Gasteiger partial charge < -0.3 is 4.90 Å². The molecule has 1 amide bonds. The number of amides is 1. The van der Waals surface area contributed by atoms with Gasteiger partial charge >= 0.3 is 6.18 Å². The number of aromatic nitrogens is 4. The Bertz CT molecular complexity index is 1320. The molecule has 192 valence electrons.